The molecule has 1 fully saturated rings. The van der Waals surface area contributed by atoms with E-state index in [-0.39, 0.29) is 5.91 Å². The van der Waals surface area contributed by atoms with Crippen molar-refractivity contribution in [1.82, 2.24) is 14.9 Å². The number of amides is 1. The predicted octanol–water partition coefficient (Wildman–Crippen LogP) is 4.50. The van der Waals surface area contributed by atoms with E-state index in [2.05, 4.69) is 39.7 Å². The Bertz CT molecular complexity index is 728. The molecule has 1 aliphatic rings. The molecule has 4 nitrogen and oxygen atoms in total. The summed E-state index contributed by atoms with van der Waals surface area (Å²) in [5.74, 6) is 1.73. The molecule has 132 valence electrons. The van der Waals surface area contributed by atoms with Gasteiger partial charge in [-0.15, -0.1) is 0 Å². The number of hydrogen-bond acceptors (Lipinski definition) is 4. The van der Waals surface area contributed by atoms with Gasteiger partial charge in [0.1, 0.15) is 0 Å². The van der Waals surface area contributed by atoms with Crippen LogP contribution in [0.2, 0.25) is 0 Å². The number of halogens is 1. The zero-order valence-corrected chi connectivity index (χ0v) is 16.9. The van der Waals surface area contributed by atoms with E-state index in [9.17, 15) is 4.79 Å². The summed E-state index contributed by atoms with van der Waals surface area (Å²) in [5, 5.41) is 0.645. The van der Waals surface area contributed by atoms with Gasteiger partial charge in [0.2, 0.25) is 5.91 Å². The van der Waals surface area contributed by atoms with E-state index in [4.69, 9.17) is 0 Å². The van der Waals surface area contributed by atoms with Gasteiger partial charge in [-0.3, -0.25) is 4.79 Å². The number of benzene rings is 1. The molecule has 25 heavy (non-hydrogen) atoms. The van der Waals surface area contributed by atoms with Crippen LogP contribution in [-0.4, -0.2) is 39.6 Å². The third-order valence-corrected chi connectivity index (χ3v) is 5.69. The fourth-order valence-electron chi connectivity index (χ4n) is 3.28. The molecule has 1 amide bonds. The molecule has 2 aromatic rings. The Morgan fingerprint density at radius 1 is 1.20 bits per heavy atom. The van der Waals surface area contributed by atoms with Crippen molar-refractivity contribution >= 4 is 33.6 Å². The van der Waals surface area contributed by atoms with E-state index in [1.807, 2.05) is 35.2 Å². The van der Waals surface area contributed by atoms with Crippen molar-refractivity contribution in [1.29, 1.82) is 0 Å². The fourth-order valence-corrected chi connectivity index (χ4v) is 4.27. The van der Waals surface area contributed by atoms with Crippen LogP contribution >= 0.6 is 27.7 Å². The number of carbonyl (C=O) groups is 1. The number of likely N-dealkylation sites (tertiary alicyclic amines) is 1. The molecule has 0 N–H and O–H groups in total. The summed E-state index contributed by atoms with van der Waals surface area (Å²) in [7, 11) is 0. The lowest BCUT2D eigenvalue weighted by molar-refractivity contribution is -0.130. The van der Waals surface area contributed by atoms with Crippen LogP contribution in [0.4, 0.5) is 0 Å². The van der Waals surface area contributed by atoms with Crippen LogP contribution in [0.5, 0.6) is 0 Å². The average Bonchev–Trinajstić information content (AvgIpc) is 2.60. The van der Waals surface area contributed by atoms with Crippen molar-refractivity contribution in [3.8, 4) is 11.3 Å². The van der Waals surface area contributed by atoms with Crippen molar-refractivity contribution in [3.63, 3.8) is 0 Å². The van der Waals surface area contributed by atoms with Crippen molar-refractivity contribution in [2.45, 2.75) is 25.4 Å². The number of aromatic nitrogens is 2. The van der Waals surface area contributed by atoms with Gasteiger partial charge in [-0.2, -0.15) is 0 Å². The Hall–Kier alpha value is -1.40. The van der Waals surface area contributed by atoms with Gasteiger partial charge in [-0.1, -0.05) is 53.7 Å². The SMILES string of the molecule is C[C@@H]1C[C@H](C)CN(C(=O)CSc2nccc(-c3ccc(Br)cc3)n2)C1. The molecule has 0 spiro atoms. The highest BCUT2D eigenvalue weighted by molar-refractivity contribution is 9.10. The molecular formula is C19H22BrN3OS. The topological polar surface area (TPSA) is 46.1 Å². The summed E-state index contributed by atoms with van der Waals surface area (Å²) in [5.41, 5.74) is 1.91. The predicted molar refractivity (Wildman–Crippen MR) is 105 cm³/mol. The second-order valence-electron chi connectivity index (χ2n) is 6.76. The summed E-state index contributed by atoms with van der Waals surface area (Å²) in [6.07, 6.45) is 2.96. The van der Waals surface area contributed by atoms with Crippen molar-refractivity contribution in [2.24, 2.45) is 11.8 Å². The number of piperidine rings is 1. The van der Waals surface area contributed by atoms with Crippen molar-refractivity contribution < 1.29 is 4.79 Å². The quantitative estimate of drug-likeness (QED) is 0.540. The van der Waals surface area contributed by atoms with Gasteiger partial charge in [-0.25, -0.2) is 9.97 Å². The Balaban J connectivity index is 1.62. The zero-order chi connectivity index (χ0) is 17.8. The molecule has 1 saturated heterocycles. The summed E-state index contributed by atoms with van der Waals surface area (Å²) >= 11 is 4.85. The number of thioether (sulfide) groups is 1. The van der Waals surface area contributed by atoms with Crippen LogP contribution in [0.25, 0.3) is 11.3 Å². The van der Waals surface area contributed by atoms with Gasteiger partial charge < -0.3 is 4.90 Å². The minimum absolute atomic E-state index is 0.182. The summed E-state index contributed by atoms with van der Waals surface area (Å²) in [6.45, 7) is 6.16. The molecule has 0 aliphatic carbocycles. The first-order valence-electron chi connectivity index (χ1n) is 8.51. The standard InChI is InChI=1S/C19H22BrN3OS/c1-13-9-14(2)11-23(10-13)18(24)12-25-19-21-8-7-17(22-19)15-3-5-16(20)6-4-15/h3-8,13-14H,9-12H2,1-2H3/t13-,14+. The van der Waals surface area contributed by atoms with Gasteiger partial charge in [0, 0.05) is 29.3 Å². The van der Waals surface area contributed by atoms with Gasteiger partial charge in [0.15, 0.2) is 5.16 Å². The van der Waals surface area contributed by atoms with E-state index in [0.717, 1.165) is 28.8 Å². The van der Waals surface area contributed by atoms with Gasteiger partial charge in [0.05, 0.1) is 11.4 Å². The van der Waals surface area contributed by atoms with E-state index in [0.29, 0.717) is 22.7 Å². The normalized spacial score (nSPS) is 20.5. The summed E-state index contributed by atoms with van der Waals surface area (Å²) in [4.78, 5) is 23.4. The molecule has 0 bridgehead atoms. The molecule has 1 aromatic heterocycles. The Morgan fingerprint density at radius 3 is 2.56 bits per heavy atom. The van der Waals surface area contributed by atoms with Gasteiger partial charge in [0.25, 0.3) is 0 Å². The van der Waals surface area contributed by atoms with Crippen LogP contribution in [0.3, 0.4) is 0 Å². The molecule has 6 heteroatoms. The maximum absolute atomic E-state index is 12.5. The van der Waals surface area contributed by atoms with E-state index in [1.165, 1.54) is 18.2 Å². The molecule has 2 atom stereocenters. The Morgan fingerprint density at radius 2 is 1.88 bits per heavy atom. The highest BCUT2D eigenvalue weighted by Gasteiger charge is 2.25. The maximum atomic E-state index is 12.5. The highest BCUT2D eigenvalue weighted by Crippen LogP contribution is 2.24. The number of carbonyl (C=O) groups excluding carboxylic acids is 1. The average molecular weight is 420 g/mol. The van der Waals surface area contributed by atoms with Crippen molar-refractivity contribution in [2.75, 3.05) is 18.8 Å². The molecule has 1 aromatic carbocycles. The molecule has 0 saturated carbocycles. The van der Waals surface area contributed by atoms with Crippen LogP contribution < -0.4 is 0 Å². The zero-order valence-electron chi connectivity index (χ0n) is 14.5. The fraction of sp³-hybridized carbons (Fsp3) is 0.421. The number of nitrogens with zero attached hydrogens (tertiary/aromatic N) is 3. The minimum atomic E-state index is 0.182. The molecule has 0 radical (unpaired) electrons. The first-order valence-corrected chi connectivity index (χ1v) is 10.3. The van der Waals surface area contributed by atoms with Crippen molar-refractivity contribution in [3.05, 3.63) is 41.0 Å². The molecule has 1 aliphatic heterocycles. The minimum Gasteiger partial charge on any atom is -0.341 e. The van der Waals surface area contributed by atoms with Gasteiger partial charge in [-0.05, 0) is 36.5 Å². The molecule has 3 rings (SSSR count). The maximum Gasteiger partial charge on any atom is 0.233 e. The van der Waals surface area contributed by atoms with Gasteiger partial charge >= 0.3 is 0 Å². The number of rotatable bonds is 4. The van der Waals surface area contributed by atoms with Crippen LogP contribution in [0.1, 0.15) is 20.3 Å². The molecular weight excluding hydrogens is 398 g/mol. The highest BCUT2D eigenvalue weighted by atomic mass is 79.9. The van der Waals surface area contributed by atoms with Crippen LogP contribution in [0, 0.1) is 11.8 Å². The first-order chi connectivity index (χ1) is 12.0. The third-order valence-electron chi connectivity index (χ3n) is 4.32. The second kappa shape index (κ2) is 8.32. The number of hydrogen-bond donors (Lipinski definition) is 0. The molecule has 2 heterocycles. The second-order valence-corrected chi connectivity index (χ2v) is 8.62. The van der Waals surface area contributed by atoms with Crippen LogP contribution in [-0.2, 0) is 4.79 Å². The first kappa shape index (κ1) is 18.4. The smallest absolute Gasteiger partial charge is 0.233 e. The lowest BCUT2D eigenvalue weighted by atomic mass is 9.92. The Kier molecular flexibility index (Phi) is 6.12. The lowest BCUT2D eigenvalue weighted by Crippen LogP contribution is -2.43. The lowest BCUT2D eigenvalue weighted by Gasteiger charge is -2.34. The summed E-state index contributed by atoms with van der Waals surface area (Å²) < 4.78 is 1.04. The molecule has 0 unspecified atom stereocenters. The summed E-state index contributed by atoms with van der Waals surface area (Å²) in [6, 6.07) is 9.91. The monoisotopic (exact) mass is 419 g/mol. The van der Waals surface area contributed by atoms with E-state index < -0.39 is 0 Å². The van der Waals surface area contributed by atoms with Crippen LogP contribution in [0.15, 0.2) is 46.2 Å². The Labute approximate surface area is 161 Å². The van der Waals surface area contributed by atoms with E-state index >= 15 is 0 Å². The third kappa shape index (κ3) is 5.05. The largest absolute Gasteiger partial charge is 0.341 e. The van der Waals surface area contributed by atoms with E-state index in [1.54, 1.807) is 6.20 Å².